The van der Waals surface area contributed by atoms with Gasteiger partial charge < -0.3 is 9.80 Å². The number of halogens is 3. The Balaban J connectivity index is 1.29. The van der Waals surface area contributed by atoms with Crippen molar-refractivity contribution in [2.24, 2.45) is 5.14 Å². The summed E-state index contributed by atoms with van der Waals surface area (Å²) in [6.07, 6.45) is -2.00. The number of fused-ring (bicyclic) bond motifs is 4. The van der Waals surface area contributed by atoms with Gasteiger partial charge in [0, 0.05) is 30.1 Å². The van der Waals surface area contributed by atoms with Crippen molar-refractivity contribution in [1.82, 2.24) is 14.9 Å². The standard InChI is InChI=1S/C23H24F3N5O3S2/c24-23(25,26)9-18-8-19-21(28-13-29-22(19)35-18)31-11-16-5-6-17(31)10-30(16)20(32)7-14-1-3-15(4-2-14)12-36(27,33)34/h1-4,8,13,16-17H,5-7,9-12H2,(H2,27,33,34)/t16-,17?/m0/s1. The SMILES string of the molecule is NS(=O)(=O)Cc1ccc(CC(=O)N2CC3CC[C@H]2CN3c2ncnc3sc(CC(F)(F)F)cc23)cc1. The van der Waals surface area contributed by atoms with Crippen molar-refractivity contribution in [3.63, 3.8) is 0 Å². The highest BCUT2D eigenvalue weighted by Gasteiger charge is 2.42. The molecule has 5 heterocycles. The van der Waals surface area contributed by atoms with Gasteiger partial charge in [0.2, 0.25) is 15.9 Å². The van der Waals surface area contributed by atoms with Crippen molar-refractivity contribution < 1.29 is 26.4 Å². The molecule has 192 valence electrons. The molecule has 2 N–H and O–H groups in total. The maximum absolute atomic E-state index is 13.1. The molecule has 0 radical (unpaired) electrons. The van der Waals surface area contributed by atoms with Gasteiger partial charge in [-0.3, -0.25) is 4.79 Å². The normalized spacial score (nSPS) is 20.3. The molecule has 6 rings (SSSR count). The number of carbonyl (C=O) groups is 1. The molecule has 0 saturated carbocycles. The van der Waals surface area contributed by atoms with E-state index in [9.17, 15) is 26.4 Å². The molecule has 1 amide bonds. The van der Waals surface area contributed by atoms with E-state index in [2.05, 4.69) is 14.9 Å². The Morgan fingerprint density at radius 1 is 1.08 bits per heavy atom. The molecule has 1 aromatic carbocycles. The lowest BCUT2D eigenvalue weighted by atomic mass is 9.90. The van der Waals surface area contributed by atoms with Crippen LogP contribution in [-0.4, -0.2) is 60.5 Å². The summed E-state index contributed by atoms with van der Waals surface area (Å²) in [5.74, 6) is 0.349. The third kappa shape index (κ3) is 5.47. The van der Waals surface area contributed by atoms with Crippen molar-refractivity contribution in [2.75, 3.05) is 18.0 Å². The van der Waals surface area contributed by atoms with E-state index in [-0.39, 0.29) is 35.0 Å². The topological polar surface area (TPSA) is 109 Å². The second kappa shape index (κ2) is 9.27. The number of primary sulfonamides is 1. The van der Waals surface area contributed by atoms with Crippen LogP contribution in [0.25, 0.3) is 10.2 Å². The zero-order chi connectivity index (χ0) is 25.7. The number of sulfonamides is 1. The summed E-state index contributed by atoms with van der Waals surface area (Å²) in [6, 6.07) is 8.31. The lowest BCUT2D eigenvalue weighted by Crippen LogP contribution is -2.64. The van der Waals surface area contributed by atoms with E-state index in [4.69, 9.17) is 5.14 Å². The third-order valence-electron chi connectivity index (χ3n) is 6.60. The van der Waals surface area contributed by atoms with Gasteiger partial charge >= 0.3 is 6.18 Å². The maximum Gasteiger partial charge on any atom is 0.393 e. The fraction of sp³-hybridized carbons (Fsp3) is 0.435. The molecule has 36 heavy (non-hydrogen) atoms. The van der Waals surface area contributed by atoms with E-state index < -0.39 is 22.6 Å². The molecule has 3 saturated heterocycles. The van der Waals surface area contributed by atoms with Gasteiger partial charge in [-0.15, -0.1) is 11.3 Å². The number of hydrogen-bond donors (Lipinski definition) is 1. The Labute approximate surface area is 210 Å². The maximum atomic E-state index is 13.1. The molecule has 2 atom stereocenters. The second-order valence-electron chi connectivity index (χ2n) is 9.30. The second-order valence-corrected chi connectivity index (χ2v) is 12.0. The quantitative estimate of drug-likeness (QED) is 0.516. The van der Waals surface area contributed by atoms with Crippen LogP contribution in [0.4, 0.5) is 19.0 Å². The number of alkyl halides is 3. The highest BCUT2D eigenvalue weighted by atomic mass is 32.2. The Kier molecular flexibility index (Phi) is 6.41. The van der Waals surface area contributed by atoms with Crippen LogP contribution in [0.2, 0.25) is 0 Å². The first kappa shape index (κ1) is 24.9. The average molecular weight is 540 g/mol. The number of rotatable bonds is 6. The Bertz CT molecular complexity index is 1390. The molecule has 3 fully saturated rings. The lowest BCUT2D eigenvalue weighted by Gasteiger charge is -2.52. The van der Waals surface area contributed by atoms with E-state index in [1.165, 1.54) is 12.4 Å². The predicted octanol–water partition coefficient (Wildman–Crippen LogP) is 3.01. The summed E-state index contributed by atoms with van der Waals surface area (Å²) in [4.78, 5) is 26.4. The van der Waals surface area contributed by atoms with E-state index in [1.54, 1.807) is 24.3 Å². The van der Waals surface area contributed by atoms with Crippen LogP contribution in [0.5, 0.6) is 0 Å². The molecule has 8 nitrogen and oxygen atoms in total. The van der Waals surface area contributed by atoms with Crippen molar-refractivity contribution in [3.05, 3.63) is 52.7 Å². The number of carbonyl (C=O) groups excluding carboxylic acids is 1. The number of aromatic nitrogens is 2. The van der Waals surface area contributed by atoms with E-state index in [0.717, 1.165) is 29.7 Å². The molecule has 0 aliphatic carbocycles. The van der Waals surface area contributed by atoms with Gasteiger partial charge in [-0.2, -0.15) is 13.2 Å². The average Bonchev–Trinajstić information content (AvgIpc) is 3.20. The lowest BCUT2D eigenvalue weighted by molar-refractivity contribution is -0.135. The fourth-order valence-electron chi connectivity index (χ4n) is 5.06. The van der Waals surface area contributed by atoms with E-state index in [0.29, 0.717) is 34.7 Å². The first-order valence-corrected chi connectivity index (χ1v) is 13.9. The number of benzene rings is 1. The molecular formula is C23H24F3N5O3S2. The van der Waals surface area contributed by atoms with Crippen molar-refractivity contribution in [2.45, 2.75) is 49.7 Å². The van der Waals surface area contributed by atoms with Crippen LogP contribution < -0.4 is 10.0 Å². The molecule has 1 unspecified atom stereocenters. The number of amides is 1. The number of thiophene rings is 1. The van der Waals surface area contributed by atoms with Crippen molar-refractivity contribution >= 4 is 43.3 Å². The number of nitrogens with two attached hydrogens (primary N) is 1. The molecule has 0 spiro atoms. The minimum absolute atomic E-state index is 0.0140. The predicted molar refractivity (Wildman–Crippen MR) is 130 cm³/mol. The van der Waals surface area contributed by atoms with Crippen molar-refractivity contribution in [3.8, 4) is 0 Å². The molecule has 3 aliphatic heterocycles. The zero-order valence-corrected chi connectivity index (χ0v) is 20.7. The molecule has 3 aliphatic rings. The number of hydrogen-bond acceptors (Lipinski definition) is 7. The Morgan fingerprint density at radius 3 is 2.42 bits per heavy atom. The van der Waals surface area contributed by atoms with Crippen LogP contribution in [0.15, 0.2) is 36.7 Å². The first-order chi connectivity index (χ1) is 16.9. The van der Waals surface area contributed by atoms with Gasteiger partial charge in [0.1, 0.15) is 17.0 Å². The molecule has 2 aromatic heterocycles. The van der Waals surface area contributed by atoms with E-state index >= 15 is 0 Å². The monoisotopic (exact) mass is 539 g/mol. The molecule has 3 aromatic rings. The smallest absolute Gasteiger partial charge is 0.349 e. The number of anilines is 1. The van der Waals surface area contributed by atoms with Crippen LogP contribution in [0, 0.1) is 0 Å². The summed E-state index contributed by atoms with van der Waals surface area (Å²) in [5, 5.41) is 5.70. The summed E-state index contributed by atoms with van der Waals surface area (Å²) in [5.41, 5.74) is 1.34. The Morgan fingerprint density at radius 2 is 1.78 bits per heavy atom. The van der Waals surface area contributed by atoms with Crippen molar-refractivity contribution in [1.29, 1.82) is 0 Å². The number of piperidine rings is 2. The van der Waals surface area contributed by atoms with Gasteiger partial charge in [-0.1, -0.05) is 24.3 Å². The molecule has 2 bridgehead atoms. The Hall–Kier alpha value is -2.77. The first-order valence-electron chi connectivity index (χ1n) is 11.4. The van der Waals surface area contributed by atoms with Crippen LogP contribution >= 0.6 is 11.3 Å². The van der Waals surface area contributed by atoms with Gasteiger partial charge in [0.05, 0.1) is 24.0 Å². The number of nitrogens with zero attached hydrogens (tertiary/aromatic N) is 4. The minimum Gasteiger partial charge on any atom is -0.349 e. The summed E-state index contributed by atoms with van der Waals surface area (Å²) >= 11 is 1.03. The van der Waals surface area contributed by atoms with Gasteiger partial charge in [-0.25, -0.2) is 23.5 Å². The largest absolute Gasteiger partial charge is 0.393 e. The van der Waals surface area contributed by atoms with Gasteiger partial charge in [0.15, 0.2) is 0 Å². The zero-order valence-electron chi connectivity index (χ0n) is 19.1. The third-order valence-corrected chi connectivity index (χ3v) is 8.38. The fourth-order valence-corrected chi connectivity index (χ4v) is 6.74. The minimum atomic E-state index is -4.29. The van der Waals surface area contributed by atoms with Crippen LogP contribution in [-0.2, 0) is 33.4 Å². The van der Waals surface area contributed by atoms with Crippen LogP contribution in [0.3, 0.4) is 0 Å². The summed E-state index contributed by atoms with van der Waals surface area (Å²) in [7, 11) is -3.62. The van der Waals surface area contributed by atoms with E-state index in [1.807, 2.05) is 4.90 Å². The molecular weight excluding hydrogens is 515 g/mol. The molecule has 13 heteroatoms. The van der Waals surface area contributed by atoms with Gasteiger partial charge in [0.25, 0.3) is 0 Å². The van der Waals surface area contributed by atoms with Gasteiger partial charge in [-0.05, 0) is 30.0 Å². The van der Waals surface area contributed by atoms with Crippen LogP contribution in [0.1, 0.15) is 28.8 Å². The summed E-state index contributed by atoms with van der Waals surface area (Å²) < 4.78 is 61.2. The summed E-state index contributed by atoms with van der Waals surface area (Å²) in [6.45, 7) is 1.07. The highest BCUT2D eigenvalue weighted by Crippen LogP contribution is 2.38. The number of piperazine rings is 1. The highest BCUT2D eigenvalue weighted by molar-refractivity contribution is 7.88.